The van der Waals surface area contributed by atoms with Crippen LogP contribution in [-0.2, 0) is 23.0 Å². The van der Waals surface area contributed by atoms with Gasteiger partial charge < -0.3 is 9.29 Å². The van der Waals surface area contributed by atoms with Gasteiger partial charge in [0.15, 0.2) is 0 Å². The van der Waals surface area contributed by atoms with Gasteiger partial charge in [-0.3, -0.25) is 0 Å². The molecule has 0 fully saturated rings. The minimum atomic E-state index is -4.46. The van der Waals surface area contributed by atoms with Gasteiger partial charge in [0.05, 0.1) is 4.90 Å². The summed E-state index contributed by atoms with van der Waals surface area (Å²) < 4.78 is 39.8. The summed E-state index contributed by atoms with van der Waals surface area (Å²) in [4.78, 5) is -0.236. The normalized spacial score (nSPS) is 11.3. The predicted octanol–water partition coefficient (Wildman–Crippen LogP) is 6.75. The fourth-order valence-electron chi connectivity index (χ4n) is 4.80. The number of rotatable bonds is 21. The molecule has 4 nitrogen and oxygen atoms in total. The Morgan fingerprint density at radius 2 is 1.11 bits per heavy atom. The van der Waals surface area contributed by atoms with Crippen molar-refractivity contribution in [2.45, 2.75) is 134 Å². The number of hydrogen-bond acceptors (Lipinski definition) is 4. The molecule has 0 bridgehead atoms. The largest absolute Gasteiger partial charge is 1.00 e. The van der Waals surface area contributed by atoms with Crippen molar-refractivity contribution in [3.05, 3.63) is 53.6 Å². The summed E-state index contributed by atoms with van der Waals surface area (Å²) in [5.41, 5.74) is 2.57. The molecule has 0 N–H and O–H groups in total. The third-order valence-corrected chi connectivity index (χ3v) is 7.93. The molecule has 0 amide bonds. The van der Waals surface area contributed by atoms with Crippen molar-refractivity contribution in [2.75, 3.05) is 0 Å². The van der Waals surface area contributed by atoms with E-state index in [0.717, 1.165) is 25.0 Å². The second-order valence-corrected chi connectivity index (χ2v) is 11.8. The maximum atomic E-state index is 11.2. The fraction of sp³-hybridized carbons (Fsp3) is 0.625. The van der Waals surface area contributed by atoms with E-state index in [4.69, 9.17) is 4.74 Å². The number of hydrogen-bond donors (Lipinski definition) is 0. The van der Waals surface area contributed by atoms with E-state index in [0.29, 0.717) is 5.75 Å². The van der Waals surface area contributed by atoms with Crippen LogP contribution in [0, 0.1) is 0 Å². The molecule has 38 heavy (non-hydrogen) atoms. The first-order chi connectivity index (χ1) is 17.9. The Kier molecular flexibility index (Phi) is 19.4. The van der Waals surface area contributed by atoms with E-state index in [9.17, 15) is 13.0 Å². The van der Waals surface area contributed by atoms with Crippen molar-refractivity contribution in [1.29, 1.82) is 0 Å². The summed E-state index contributed by atoms with van der Waals surface area (Å²) in [6, 6.07) is 12.2. The number of ether oxygens (including phenoxy) is 1. The van der Waals surface area contributed by atoms with Crippen LogP contribution in [0.2, 0.25) is 0 Å². The third kappa shape index (κ3) is 15.1. The minimum absolute atomic E-state index is 0. The van der Waals surface area contributed by atoms with E-state index in [1.54, 1.807) is 12.1 Å². The Hall–Kier alpha value is -0.850. The van der Waals surface area contributed by atoms with Gasteiger partial charge in [0.2, 0.25) is 0 Å². The Labute approximate surface area is 255 Å². The first kappa shape index (κ1) is 35.2. The third-order valence-electron chi connectivity index (χ3n) is 7.08. The Bertz CT molecular complexity index is 973. The molecule has 208 valence electrons. The average Bonchev–Trinajstić information content (AvgIpc) is 2.88. The molecule has 0 spiro atoms. The van der Waals surface area contributed by atoms with Crippen LogP contribution in [0.3, 0.4) is 0 Å². The maximum absolute atomic E-state index is 11.2. The van der Waals surface area contributed by atoms with Gasteiger partial charge in [-0.2, -0.15) is 0 Å². The summed E-state index contributed by atoms with van der Waals surface area (Å²) >= 11 is 0. The van der Waals surface area contributed by atoms with Crippen molar-refractivity contribution >= 4 is 10.1 Å². The quantitative estimate of drug-likeness (QED) is 0.0976. The molecule has 6 heteroatoms. The molecule has 0 aliphatic carbocycles. The van der Waals surface area contributed by atoms with Crippen molar-refractivity contribution in [3.63, 3.8) is 0 Å². The first-order valence-corrected chi connectivity index (χ1v) is 16.2. The molecular formula is C32H49NaO4S. The van der Waals surface area contributed by atoms with Crippen LogP contribution in [0.4, 0.5) is 0 Å². The van der Waals surface area contributed by atoms with Crippen LogP contribution < -0.4 is 34.3 Å². The molecule has 2 aromatic carbocycles. The Morgan fingerprint density at radius 1 is 0.632 bits per heavy atom. The fourth-order valence-corrected chi connectivity index (χ4v) is 5.27. The van der Waals surface area contributed by atoms with E-state index in [-0.39, 0.29) is 34.5 Å². The zero-order valence-electron chi connectivity index (χ0n) is 24.3. The monoisotopic (exact) mass is 552 g/mol. The predicted molar refractivity (Wildman–Crippen MR) is 154 cm³/mol. The molecule has 0 aliphatic rings. The molecule has 0 aliphatic heterocycles. The zero-order valence-corrected chi connectivity index (χ0v) is 27.1. The molecule has 0 saturated carbocycles. The molecule has 2 aromatic rings. The van der Waals surface area contributed by atoms with E-state index < -0.39 is 10.1 Å². The Morgan fingerprint density at radius 3 is 1.61 bits per heavy atom. The van der Waals surface area contributed by atoms with E-state index in [1.165, 1.54) is 120 Å². The topological polar surface area (TPSA) is 66.4 Å². The van der Waals surface area contributed by atoms with Crippen LogP contribution >= 0.6 is 0 Å². The summed E-state index contributed by atoms with van der Waals surface area (Å²) in [6.45, 7) is 4.51. The number of aryl methyl sites for hydroxylation is 2. The molecule has 0 radical (unpaired) electrons. The van der Waals surface area contributed by atoms with Crippen LogP contribution in [0.15, 0.2) is 47.4 Å². The van der Waals surface area contributed by atoms with Crippen molar-refractivity contribution in [3.8, 4) is 11.5 Å². The molecule has 0 aromatic heterocycles. The standard InChI is InChI=1S/C32H50O4S.Na/c1-3-5-7-9-11-13-15-17-19-28-21-26-32(36-30-22-24-31(25-23-30)37(33,34)35)29(27-28)20-18-16-14-12-10-8-6-4-2;/h21-27H,3-20H2,1-2H3,(H,33,34,35);/q;+1/p-1. The van der Waals surface area contributed by atoms with Crippen LogP contribution in [0.1, 0.15) is 128 Å². The average molecular weight is 553 g/mol. The van der Waals surface area contributed by atoms with E-state index >= 15 is 0 Å². The smallest absolute Gasteiger partial charge is 0.744 e. The summed E-state index contributed by atoms with van der Waals surface area (Å²) in [5.74, 6) is 1.36. The number of benzene rings is 2. The van der Waals surface area contributed by atoms with Gasteiger partial charge in [0, 0.05) is 0 Å². The molecule has 2 rings (SSSR count). The summed E-state index contributed by atoms with van der Waals surface area (Å²) in [7, 11) is -4.46. The SMILES string of the molecule is CCCCCCCCCCc1ccc(Oc2ccc(S(=O)(=O)[O-])cc2)c(CCCCCCCCCC)c1.[Na+]. The Balaban J connectivity index is 0.00000722. The second kappa shape index (κ2) is 21.0. The van der Waals surface area contributed by atoms with Gasteiger partial charge in [-0.1, -0.05) is 116 Å². The van der Waals surface area contributed by atoms with E-state index in [2.05, 4.69) is 32.0 Å². The van der Waals surface area contributed by atoms with Crippen LogP contribution in [-0.4, -0.2) is 13.0 Å². The van der Waals surface area contributed by atoms with Crippen LogP contribution in [0.25, 0.3) is 0 Å². The number of unbranched alkanes of at least 4 members (excludes halogenated alkanes) is 14. The van der Waals surface area contributed by atoms with Gasteiger partial charge in [-0.25, -0.2) is 8.42 Å². The maximum Gasteiger partial charge on any atom is 1.00 e. The summed E-state index contributed by atoms with van der Waals surface area (Å²) in [5, 5.41) is 0. The zero-order chi connectivity index (χ0) is 26.8. The molecule has 0 heterocycles. The van der Waals surface area contributed by atoms with E-state index in [1.807, 2.05) is 0 Å². The van der Waals surface area contributed by atoms with Crippen molar-refractivity contribution in [2.24, 2.45) is 0 Å². The van der Waals surface area contributed by atoms with Crippen LogP contribution in [0.5, 0.6) is 11.5 Å². The van der Waals surface area contributed by atoms with Gasteiger partial charge >= 0.3 is 29.6 Å². The molecule has 0 saturated heterocycles. The van der Waals surface area contributed by atoms with Crippen molar-refractivity contribution < 1.29 is 47.3 Å². The van der Waals surface area contributed by atoms with Gasteiger partial charge in [0.25, 0.3) is 0 Å². The second-order valence-electron chi connectivity index (χ2n) is 10.4. The molecule has 0 atom stereocenters. The van der Waals surface area contributed by atoms with Crippen molar-refractivity contribution in [1.82, 2.24) is 0 Å². The molecular weight excluding hydrogens is 503 g/mol. The van der Waals surface area contributed by atoms with Gasteiger partial charge in [0.1, 0.15) is 21.6 Å². The first-order valence-electron chi connectivity index (χ1n) is 14.8. The van der Waals surface area contributed by atoms with Gasteiger partial charge in [-0.15, -0.1) is 0 Å². The molecule has 0 unspecified atom stereocenters. The minimum Gasteiger partial charge on any atom is -0.744 e. The van der Waals surface area contributed by atoms with Gasteiger partial charge in [-0.05, 0) is 67.1 Å². The summed E-state index contributed by atoms with van der Waals surface area (Å²) in [6.07, 6.45) is 22.9.